The van der Waals surface area contributed by atoms with Gasteiger partial charge in [0.1, 0.15) is 0 Å². The molecule has 1 aliphatic heterocycles. The highest BCUT2D eigenvalue weighted by Crippen LogP contribution is 2.47. The largest absolute Gasteiger partial charge is 0.466 e. The monoisotopic (exact) mass is 403 g/mol. The first-order valence-corrected chi connectivity index (χ1v) is 9.11. The first-order valence-electron chi connectivity index (χ1n) is 8.32. The molecule has 1 N–H and O–H groups in total. The third-order valence-electron chi connectivity index (χ3n) is 4.86. The van der Waals surface area contributed by atoms with E-state index < -0.39 is 11.9 Å². The maximum atomic E-state index is 13.0. The summed E-state index contributed by atoms with van der Waals surface area (Å²) in [6.07, 6.45) is 1.25. The lowest BCUT2D eigenvalue weighted by molar-refractivity contribution is -0.136. The number of nitrogens with one attached hydrogen (secondary N) is 1. The molecule has 3 rings (SSSR count). The first-order chi connectivity index (χ1) is 11.7. The number of ether oxygens (including phenoxy) is 1. The summed E-state index contributed by atoms with van der Waals surface area (Å²) in [5, 5.41) is 3.31. The van der Waals surface area contributed by atoms with Crippen LogP contribution in [0, 0.1) is 5.41 Å². The molecule has 1 atom stereocenters. The highest BCUT2D eigenvalue weighted by molar-refractivity contribution is 9.10. The van der Waals surface area contributed by atoms with Crippen LogP contribution < -0.4 is 5.32 Å². The predicted octanol–water partition coefficient (Wildman–Crippen LogP) is 4.23. The minimum atomic E-state index is -0.414. The molecule has 0 bridgehead atoms. The Morgan fingerprint density at radius 2 is 1.96 bits per heavy atom. The fourth-order valence-corrected chi connectivity index (χ4v) is 4.35. The molecule has 5 heteroatoms. The first kappa shape index (κ1) is 17.9. The van der Waals surface area contributed by atoms with Gasteiger partial charge in [-0.3, -0.25) is 4.79 Å². The Balaban J connectivity index is 2.24. The van der Waals surface area contributed by atoms with Gasteiger partial charge in [0.2, 0.25) is 0 Å². The van der Waals surface area contributed by atoms with Crippen molar-refractivity contribution < 1.29 is 14.3 Å². The Kier molecular flexibility index (Phi) is 4.62. The number of allylic oxidation sites excluding steroid dienone is 3. The summed E-state index contributed by atoms with van der Waals surface area (Å²) in [5.41, 5.74) is 3.68. The third kappa shape index (κ3) is 3.17. The minimum absolute atomic E-state index is 0.0911. The van der Waals surface area contributed by atoms with Gasteiger partial charge >= 0.3 is 5.97 Å². The lowest BCUT2D eigenvalue weighted by atomic mass is 9.68. The van der Waals surface area contributed by atoms with Crippen molar-refractivity contribution >= 4 is 27.7 Å². The van der Waals surface area contributed by atoms with Crippen molar-refractivity contribution in [3.8, 4) is 0 Å². The van der Waals surface area contributed by atoms with Crippen molar-refractivity contribution in [2.24, 2.45) is 5.41 Å². The van der Waals surface area contributed by atoms with Crippen LogP contribution >= 0.6 is 15.9 Å². The summed E-state index contributed by atoms with van der Waals surface area (Å²) in [5.74, 6) is -0.730. The molecule has 0 fully saturated rings. The summed E-state index contributed by atoms with van der Waals surface area (Å²) in [7, 11) is 1.37. The van der Waals surface area contributed by atoms with Gasteiger partial charge in [0.05, 0.1) is 12.7 Å². The maximum Gasteiger partial charge on any atom is 0.336 e. The zero-order valence-electron chi connectivity index (χ0n) is 14.9. The van der Waals surface area contributed by atoms with E-state index in [9.17, 15) is 9.59 Å². The average molecular weight is 404 g/mol. The molecule has 1 aliphatic carbocycles. The molecule has 1 unspecified atom stereocenters. The van der Waals surface area contributed by atoms with Crippen LogP contribution in [0.1, 0.15) is 45.1 Å². The van der Waals surface area contributed by atoms with E-state index in [4.69, 9.17) is 4.74 Å². The van der Waals surface area contributed by atoms with E-state index in [1.54, 1.807) is 0 Å². The zero-order valence-corrected chi connectivity index (χ0v) is 16.5. The number of carbonyl (C=O) groups excluding carboxylic acids is 2. The maximum absolute atomic E-state index is 13.0. The Hall–Kier alpha value is -1.88. The zero-order chi connectivity index (χ0) is 18.4. The molecular weight excluding hydrogens is 382 g/mol. The van der Waals surface area contributed by atoms with Gasteiger partial charge in [0.25, 0.3) is 0 Å². The molecule has 4 nitrogen and oxygen atoms in total. The SMILES string of the molecule is COC(=O)C1=C(C)NC2=C(C(=O)CC(C)(C)C2)C1c1ccccc1Br. The number of dihydropyridines is 1. The molecule has 25 heavy (non-hydrogen) atoms. The number of hydrogen-bond acceptors (Lipinski definition) is 4. The molecule has 1 aromatic carbocycles. The second-order valence-electron chi connectivity index (χ2n) is 7.44. The third-order valence-corrected chi connectivity index (χ3v) is 5.58. The van der Waals surface area contributed by atoms with E-state index in [0.29, 0.717) is 17.6 Å². The van der Waals surface area contributed by atoms with Gasteiger partial charge in [-0.25, -0.2) is 4.79 Å². The van der Waals surface area contributed by atoms with E-state index in [1.165, 1.54) is 7.11 Å². The van der Waals surface area contributed by atoms with Crippen molar-refractivity contribution in [2.45, 2.75) is 39.5 Å². The second-order valence-corrected chi connectivity index (χ2v) is 8.30. The van der Waals surface area contributed by atoms with Gasteiger partial charge in [-0.1, -0.05) is 48.0 Å². The van der Waals surface area contributed by atoms with Crippen LogP contribution in [-0.4, -0.2) is 18.9 Å². The highest BCUT2D eigenvalue weighted by Gasteiger charge is 2.43. The van der Waals surface area contributed by atoms with Gasteiger partial charge in [-0.05, 0) is 30.4 Å². The highest BCUT2D eigenvalue weighted by atomic mass is 79.9. The van der Waals surface area contributed by atoms with Crippen molar-refractivity contribution in [3.05, 3.63) is 56.8 Å². The molecule has 0 radical (unpaired) electrons. The van der Waals surface area contributed by atoms with Crippen molar-refractivity contribution in [1.82, 2.24) is 5.32 Å². The van der Waals surface area contributed by atoms with Gasteiger partial charge < -0.3 is 10.1 Å². The number of hydrogen-bond donors (Lipinski definition) is 1. The quantitative estimate of drug-likeness (QED) is 0.750. The van der Waals surface area contributed by atoms with Crippen LogP contribution in [0.5, 0.6) is 0 Å². The van der Waals surface area contributed by atoms with E-state index in [1.807, 2.05) is 31.2 Å². The van der Waals surface area contributed by atoms with Crippen LogP contribution in [0.3, 0.4) is 0 Å². The fraction of sp³-hybridized carbons (Fsp3) is 0.400. The predicted molar refractivity (Wildman–Crippen MR) is 99.8 cm³/mol. The Morgan fingerprint density at radius 3 is 2.60 bits per heavy atom. The summed E-state index contributed by atoms with van der Waals surface area (Å²) in [4.78, 5) is 25.5. The summed E-state index contributed by atoms with van der Waals surface area (Å²) in [6.45, 7) is 6.06. The minimum Gasteiger partial charge on any atom is -0.466 e. The smallest absolute Gasteiger partial charge is 0.336 e. The molecule has 0 amide bonds. The summed E-state index contributed by atoms with van der Waals surface area (Å²) < 4.78 is 5.90. The number of carbonyl (C=O) groups is 2. The molecule has 132 valence electrons. The lowest BCUT2D eigenvalue weighted by Crippen LogP contribution is -2.38. The lowest BCUT2D eigenvalue weighted by Gasteiger charge is -2.39. The van der Waals surface area contributed by atoms with Crippen LogP contribution in [-0.2, 0) is 14.3 Å². The second kappa shape index (κ2) is 6.45. The van der Waals surface area contributed by atoms with Crippen LogP contribution in [0.2, 0.25) is 0 Å². The van der Waals surface area contributed by atoms with Crippen LogP contribution in [0.15, 0.2) is 51.3 Å². The number of rotatable bonds is 2. The van der Waals surface area contributed by atoms with E-state index >= 15 is 0 Å². The summed E-state index contributed by atoms with van der Waals surface area (Å²) in [6, 6.07) is 7.72. The molecule has 0 spiro atoms. The molecule has 0 saturated carbocycles. The number of Topliss-reactive ketones (excluding diaryl/α,β-unsaturated/α-hetero) is 1. The van der Waals surface area contributed by atoms with Crippen LogP contribution in [0.4, 0.5) is 0 Å². The van der Waals surface area contributed by atoms with Crippen molar-refractivity contribution in [3.63, 3.8) is 0 Å². The molecule has 0 aromatic heterocycles. The van der Waals surface area contributed by atoms with Crippen molar-refractivity contribution in [1.29, 1.82) is 0 Å². The van der Waals surface area contributed by atoms with Gasteiger partial charge in [0.15, 0.2) is 5.78 Å². The van der Waals surface area contributed by atoms with Gasteiger partial charge in [-0.15, -0.1) is 0 Å². The molecule has 0 saturated heterocycles. The molecule has 2 aliphatic rings. The topological polar surface area (TPSA) is 55.4 Å². The van der Waals surface area contributed by atoms with Crippen LogP contribution in [0.25, 0.3) is 0 Å². The summed E-state index contributed by atoms with van der Waals surface area (Å²) >= 11 is 3.58. The molecule has 1 aromatic rings. The standard InChI is InChI=1S/C20H22BrNO3/c1-11-16(19(24)25-4)17(12-7-5-6-8-13(12)21)18-14(22-11)9-20(2,3)10-15(18)23/h5-8,17,22H,9-10H2,1-4H3. The Bertz CT molecular complexity index is 820. The van der Waals surface area contributed by atoms with E-state index in [2.05, 4.69) is 35.1 Å². The van der Waals surface area contributed by atoms with Gasteiger partial charge in [-0.2, -0.15) is 0 Å². The Morgan fingerprint density at radius 1 is 1.28 bits per heavy atom. The average Bonchev–Trinajstić information content (AvgIpc) is 2.52. The molecule has 1 heterocycles. The molecular formula is C20H22BrNO3. The van der Waals surface area contributed by atoms with E-state index in [-0.39, 0.29) is 11.2 Å². The van der Waals surface area contributed by atoms with Crippen molar-refractivity contribution in [2.75, 3.05) is 7.11 Å². The number of methoxy groups -OCH3 is 1. The van der Waals surface area contributed by atoms with Gasteiger partial charge in [0, 0.05) is 33.8 Å². The number of ketones is 1. The fourth-order valence-electron chi connectivity index (χ4n) is 3.84. The van der Waals surface area contributed by atoms with E-state index in [0.717, 1.165) is 27.9 Å². The number of halogens is 1. The number of esters is 1. The Labute approximate surface area is 156 Å². The number of benzene rings is 1. The normalized spacial score (nSPS) is 22.4.